The van der Waals surface area contributed by atoms with Crippen LogP contribution in [0.1, 0.15) is 46.9 Å². The second-order valence-electron chi connectivity index (χ2n) is 4.25. The Kier molecular flexibility index (Phi) is 2.55. The van der Waals surface area contributed by atoms with Crippen molar-refractivity contribution < 1.29 is 13.6 Å². The van der Waals surface area contributed by atoms with Crippen molar-refractivity contribution in [1.82, 2.24) is 14.6 Å². The summed E-state index contributed by atoms with van der Waals surface area (Å²) in [7, 11) is 0. The zero-order valence-corrected chi connectivity index (χ0v) is 9.86. The summed E-state index contributed by atoms with van der Waals surface area (Å²) in [5, 5.41) is 3.01. The van der Waals surface area contributed by atoms with Gasteiger partial charge < -0.3 is 0 Å². The summed E-state index contributed by atoms with van der Waals surface area (Å²) < 4.78 is 26.9. The van der Waals surface area contributed by atoms with Gasteiger partial charge in [-0.15, -0.1) is 0 Å². The number of fused-ring (bicyclic) bond motifs is 1. The van der Waals surface area contributed by atoms with E-state index in [-0.39, 0.29) is 22.8 Å². The summed E-state index contributed by atoms with van der Waals surface area (Å²) in [5.74, 6) is 0.209. The lowest BCUT2D eigenvalue weighted by Gasteiger charge is -2.06. The van der Waals surface area contributed by atoms with E-state index >= 15 is 0 Å². The van der Waals surface area contributed by atoms with Gasteiger partial charge in [0.05, 0.1) is 11.8 Å². The Bertz CT molecular complexity index is 636. The standard InChI is InChI=1S/C11H8ClF2N3O/c12-9(18)6-4-15-17-8(10(13)14)3-7(5-1-2-5)16-11(6)17/h3-5,10H,1-2H2. The molecule has 0 aromatic carbocycles. The number of carbonyl (C=O) groups is 1. The van der Waals surface area contributed by atoms with Gasteiger partial charge in [-0.25, -0.2) is 18.3 Å². The van der Waals surface area contributed by atoms with Crippen LogP contribution in [-0.4, -0.2) is 19.8 Å². The minimum atomic E-state index is -2.67. The Balaban J connectivity index is 2.28. The molecule has 7 heteroatoms. The zero-order chi connectivity index (χ0) is 12.9. The maximum absolute atomic E-state index is 13.0. The first-order valence-electron chi connectivity index (χ1n) is 5.44. The van der Waals surface area contributed by atoms with Crippen LogP contribution < -0.4 is 0 Å². The first-order chi connectivity index (χ1) is 8.58. The summed E-state index contributed by atoms with van der Waals surface area (Å²) >= 11 is 5.38. The van der Waals surface area contributed by atoms with Crippen molar-refractivity contribution in [2.75, 3.05) is 0 Å². The van der Waals surface area contributed by atoms with E-state index < -0.39 is 11.7 Å². The first-order valence-corrected chi connectivity index (χ1v) is 5.82. The van der Waals surface area contributed by atoms with Crippen LogP contribution in [0, 0.1) is 0 Å². The molecule has 0 atom stereocenters. The summed E-state index contributed by atoms with van der Waals surface area (Å²) in [4.78, 5) is 15.4. The minimum Gasteiger partial charge on any atom is -0.275 e. The van der Waals surface area contributed by atoms with E-state index in [2.05, 4.69) is 10.1 Å². The molecule has 94 valence electrons. The smallest absolute Gasteiger partial charge is 0.275 e. The molecule has 2 heterocycles. The first kappa shape index (κ1) is 11.5. The molecule has 0 aliphatic heterocycles. The monoisotopic (exact) mass is 271 g/mol. The molecule has 1 aliphatic rings. The number of hydrogen-bond acceptors (Lipinski definition) is 3. The molecule has 0 bridgehead atoms. The van der Waals surface area contributed by atoms with Crippen molar-refractivity contribution in [3.8, 4) is 0 Å². The lowest BCUT2D eigenvalue weighted by atomic mass is 10.2. The Labute approximate surface area is 106 Å². The van der Waals surface area contributed by atoms with E-state index in [4.69, 9.17) is 11.6 Å². The maximum Gasteiger partial charge on any atom is 0.280 e. The molecule has 2 aromatic heterocycles. The highest BCUT2D eigenvalue weighted by molar-refractivity contribution is 6.68. The van der Waals surface area contributed by atoms with Crippen LogP contribution >= 0.6 is 11.6 Å². The van der Waals surface area contributed by atoms with E-state index in [0.29, 0.717) is 5.69 Å². The number of aromatic nitrogens is 3. The molecular weight excluding hydrogens is 264 g/mol. The Morgan fingerprint density at radius 1 is 1.50 bits per heavy atom. The number of hydrogen-bond donors (Lipinski definition) is 0. The van der Waals surface area contributed by atoms with Crippen LogP contribution in [0.15, 0.2) is 12.3 Å². The van der Waals surface area contributed by atoms with E-state index in [9.17, 15) is 13.6 Å². The van der Waals surface area contributed by atoms with Crippen molar-refractivity contribution in [2.24, 2.45) is 0 Å². The fraction of sp³-hybridized carbons (Fsp3) is 0.364. The number of halogens is 3. The molecule has 1 saturated carbocycles. The molecule has 0 spiro atoms. The predicted octanol–water partition coefficient (Wildman–Crippen LogP) is 2.92. The van der Waals surface area contributed by atoms with Gasteiger partial charge in [-0.1, -0.05) is 0 Å². The van der Waals surface area contributed by atoms with Crippen LogP contribution in [0.25, 0.3) is 5.65 Å². The molecule has 0 radical (unpaired) electrons. The Hall–Kier alpha value is -1.56. The van der Waals surface area contributed by atoms with Crippen molar-refractivity contribution in [2.45, 2.75) is 25.2 Å². The van der Waals surface area contributed by atoms with E-state index in [1.165, 1.54) is 12.3 Å². The zero-order valence-electron chi connectivity index (χ0n) is 9.11. The highest BCUT2D eigenvalue weighted by Crippen LogP contribution is 2.40. The molecule has 3 rings (SSSR count). The second-order valence-corrected chi connectivity index (χ2v) is 4.59. The van der Waals surface area contributed by atoms with Gasteiger partial charge in [-0.2, -0.15) is 5.10 Å². The number of rotatable bonds is 3. The third-order valence-electron chi connectivity index (χ3n) is 2.95. The highest BCUT2D eigenvalue weighted by Gasteiger charge is 2.28. The fourth-order valence-corrected chi connectivity index (χ4v) is 2.02. The van der Waals surface area contributed by atoms with Gasteiger partial charge in [0, 0.05) is 11.6 Å². The molecule has 0 N–H and O–H groups in total. The second kappa shape index (κ2) is 3.98. The van der Waals surface area contributed by atoms with Crippen LogP contribution in [-0.2, 0) is 0 Å². The Morgan fingerprint density at radius 3 is 2.78 bits per heavy atom. The molecule has 18 heavy (non-hydrogen) atoms. The third-order valence-corrected chi connectivity index (χ3v) is 3.15. The van der Waals surface area contributed by atoms with Crippen LogP contribution in [0.3, 0.4) is 0 Å². The van der Waals surface area contributed by atoms with E-state index in [1.54, 1.807) is 0 Å². The molecule has 4 nitrogen and oxygen atoms in total. The largest absolute Gasteiger partial charge is 0.280 e. The van der Waals surface area contributed by atoms with Gasteiger partial charge >= 0.3 is 0 Å². The average Bonchev–Trinajstić information content (AvgIpc) is 3.07. The van der Waals surface area contributed by atoms with Crippen LogP contribution in [0.4, 0.5) is 8.78 Å². The number of alkyl halides is 2. The lowest BCUT2D eigenvalue weighted by molar-refractivity contribution is 0.108. The molecular formula is C11H8ClF2N3O. The van der Waals surface area contributed by atoms with E-state index in [0.717, 1.165) is 17.4 Å². The van der Waals surface area contributed by atoms with Crippen molar-refractivity contribution in [3.63, 3.8) is 0 Å². The lowest BCUT2D eigenvalue weighted by Crippen LogP contribution is -2.04. The summed E-state index contributed by atoms with van der Waals surface area (Å²) in [6.07, 6.45) is 0.361. The van der Waals surface area contributed by atoms with Crippen LogP contribution in [0.5, 0.6) is 0 Å². The third kappa shape index (κ3) is 1.77. The average molecular weight is 272 g/mol. The maximum atomic E-state index is 13.0. The van der Waals surface area contributed by atoms with Gasteiger partial charge in [0.15, 0.2) is 5.65 Å². The Morgan fingerprint density at radius 2 is 2.22 bits per heavy atom. The van der Waals surface area contributed by atoms with Crippen molar-refractivity contribution in [1.29, 1.82) is 0 Å². The van der Waals surface area contributed by atoms with Gasteiger partial charge in [-0.05, 0) is 30.5 Å². The van der Waals surface area contributed by atoms with Crippen LogP contribution in [0.2, 0.25) is 0 Å². The van der Waals surface area contributed by atoms with Gasteiger partial charge in [-0.3, -0.25) is 4.79 Å². The van der Waals surface area contributed by atoms with Crippen molar-refractivity contribution >= 4 is 22.5 Å². The van der Waals surface area contributed by atoms with E-state index in [1.807, 2.05) is 0 Å². The molecule has 0 amide bonds. The molecule has 1 fully saturated rings. The summed E-state index contributed by atoms with van der Waals surface area (Å²) in [6, 6.07) is 1.35. The number of carbonyl (C=O) groups excluding carboxylic acids is 1. The predicted molar refractivity (Wildman–Crippen MR) is 60.1 cm³/mol. The molecule has 0 unspecified atom stereocenters. The fourth-order valence-electron chi connectivity index (χ4n) is 1.89. The van der Waals surface area contributed by atoms with Gasteiger partial charge in [0.25, 0.3) is 11.7 Å². The number of nitrogens with zero attached hydrogens (tertiary/aromatic N) is 3. The molecule has 0 saturated heterocycles. The van der Waals surface area contributed by atoms with Gasteiger partial charge in [0.1, 0.15) is 5.69 Å². The molecule has 2 aromatic rings. The van der Waals surface area contributed by atoms with Gasteiger partial charge in [0.2, 0.25) is 0 Å². The summed E-state index contributed by atoms with van der Waals surface area (Å²) in [5.41, 5.74) is 0.485. The topological polar surface area (TPSA) is 47.3 Å². The SMILES string of the molecule is O=C(Cl)c1cnn2c(C(F)F)cc(C3CC3)nc12. The normalized spacial score (nSPS) is 15.6. The molecule has 1 aliphatic carbocycles. The minimum absolute atomic E-state index is 0.0565. The summed E-state index contributed by atoms with van der Waals surface area (Å²) in [6.45, 7) is 0. The quantitative estimate of drug-likeness (QED) is 0.807. The van der Waals surface area contributed by atoms with Crippen molar-refractivity contribution in [3.05, 3.63) is 29.2 Å². The highest BCUT2D eigenvalue weighted by atomic mass is 35.5.